The maximum atomic E-state index is 14.3. The van der Waals surface area contributed by atoms with Gasteiger partial charge in [-0.3, -0.25) is 24.0 Å². The molecule has 0 aromatic heterocycles. The maximum absolute atomic E-state index is 14.3. The lowest BCUT2D eigenvalue weighted by Gasteiger charge is -2.28. The van der Waals surface area contributed by atoms with Gasteiger partial charge in [-0.1, -0.05) is 81.4 Å². The van der Waals surface area contributed by atoms with Crippen molar-refractivity contribution in [3.8, 4) is 0 Å². The second kappa shape index (κ2) is 23.7. The number of unbranched alkanes of at least 4 members (excludes halogenated alkanes) is 1. The van der Waals surface area contributed by atoms with E-state index in [0.717, 1.165) is 11.1 Å². The summed E-state index contributed by atoms with van der Waals surface area (Å²) in [5.41, 5.74) is 0.324. The summed E-state index contributed by atoms with van der Waals surface area (Å²) >= 11 is 0. The number of ether oxygens (including phenoxy) is 3. The molecule has 1 saturated heterocycles. The zero-order valence-electron chi connectivity index (χ0n) is 36.5. The average molecular weight is 821 g/mol. The number of methoxy groups -OCH3 is 1. The number of carbonyl (C=O) groups is 6. The molecule has 1 aliphatic heterocycles. The Morgan fingerprint density at radius 3 is 2.02 bits per heavy atom. The lowest BCUT2D eigenvalue weighted by molar-refractivity contribution is -0.155. The molecular weight excluding hydrogens is 753 g/mol. The standard InChI is InChI=1S/C46H68N4O9/c1-32(2)27-36(30-39(51)38(29-35-19-13-10-14-20-35)49-40(52)33(3)28-34-17-11-9-12-18-34)41(53)48-37(21-15-16-23-47-44(56)59-45(4,5)6)42(54)50-24-22-46(7,31-50)43(55)58-26-25-57-8/h9-14,17-20,32-33,36-38H,15-16,21-31H2,1-8H3,(H,47,56)(H,48,53)(H,49,52)/t33-,36+,37-,38-,46?/m1/s1. The normalized spacial score (nSPS) is 17.3. The molecule has 1 heterocycles. The van der Waals surface area contributed by atoms with Crippen LogP contribution in [0, 0.1) is 23.2 Å². The summed E-state index contributed by atoms with van der Waals surface area (Å²) in [6.45, 7) is 14.0. The van der Waals surface area contributed by atoms with E-state index in [0.29, 0.717) is 45.2 Å². The van der Waals surface area contributed by atoms with Crippen molar-refractivity contribution < 1.29 is 43.0 Å². The van der Waals surface area contributed by atoms with Gasteiger partial charge in [0.15, 0.2) is 5.78 Å². The summed E-state index contributed by atoms with van der Waals surface area (Å²) in [4.78, 5) is 83.1. The fourth-order valence-corrected chi connectivity index (χ4v) is 7.16. The number of Topliss-reactive ketones (excluding diaryl/α,β-unsaturated/α-hetero) is 1. The van der Waals surface area contributed by atoms with Crippen LogP contribution in [-0.4, -0.2) is 98.1 Å². The molecule has 13 nitrogen and oxygen atoms in total. The van der Waals surface area contributed by atoms with Gasteiger partial charge in [-0.2, -0.15) is 0 Å². The van der Waals surface area contributed by atoms with Gasteiger partial charge < -0.3 is 35.1 Å². The molecule has 0 aliphatic carbocycles. The second-order valence-electron chi connectivity index (χ2n) is 17.5. The monoisotopic (exact) mass is 820 g/mol. The van der Waals surface area contributed by atoms with Crippen molar-refractivity contribution in [2.75, 3.05) is 40.0 Å². The van der Waals surface area contributed by atoms with E-state index < -0.39 is 52.9 Å². The van der Waals surface area contributed by atoms with Crippen molar-refractivity contribution in [3.63, 3.8) is 0 Å². The first-order valence-corrected chi connectivity index (χ1v) is 21.0. The van der Waals surface area contributed by atoms with E-state index in [1.807, 2.05) is 81.4 Å². The van der Waals surface area contributed by atoms with E-state index in [2.05, 4.69) is 16.0 Å². The predicted octanol–water partition coefficient (Wildman–Crippen LogP) is 5.82. The van der Waals surface area contributed by atoms with Crippen LogP contribution < -0.4 is 16.0 Å². The largest absolute Gasteiger partial charge is 0.463 e. The SMILES string of the molecule is COCCOC(=O)C1(C)CCN(C(=O)[C@@H](CCCCNC(=O)OC(C)(C)C)NC(=O)[C@H](CC(=O)[C@@H](Cc2ccccc2)NC(=O)[C@H](C)Cc2ccccc2)CC(C)C)C1. The number of carbonyl (C=O) groups excluding carboxylic acids is 6. The molecule has 1 fully saturated rings. The van der Waals surface area contributed by atoms with Crippen LogP contribution in [0.15, 0.2) is 60.7 Å². The third-order valence-corrected chi connectivity index (χ3v) is 10.4. The molecule has 0 spiro atoms. The van der Waals surface area contributed by atoms with Crippen LogP contribution in [0.4, 0.5) is 4.79 Å². The summed E-state index contributed by atoms with van der Waals surface area (Å²) in [7, 11) is 1.52. The van der Waals surface area contributed by atoms with Gasteiger partial charge in [0.05, 0.1) is 18.1 Å². The first-order chi connectivity index (χ1) is 27.9. The van der Waals surface area contributed by atoms with Gasteiger partial charge in [-0.15, -0.1) is 0 Å². The number of alkyl carbamates (subject to hydrolysis) is 1. The highest BCUT2D eigenvalue weighted by molar-refractivity contribution is 5.94. The van der Waals surface area contributed by atoms with Gasteiger partial charge in [0.2, 0.25) is 17.7 Å². The lowest BCUT2D eigenvalue weighted by Crippen LogP contribution is -2.51. The zero-order chi connectivity index (χ0) is 43.6. The van der Waals surface area contributed by atoms with Crippen molar-refractivity contribution >= 4 is 35.6 Å². The van der Waals surface area contributed by atoms with Gasteiger partial charge in [-0.25, -0.2) is 4.79 Å². The minimum absolute atomic E-state index is 0.0445. The molecule has 3 N–H and O–H groups in total. The predicted molar refractivity (Wildman–Crippen MR) is 226 cm³/mol. The molecule has 0 saturated carbocycles. The van der Waals surface area contributed by atoms with Crippen molar-refractivity contribution in [2.24, 2.45) is 23.2 Å². The van der Waals surface area contributed by atoms with Crippen LogP contribution in [0.2, 0.25) is 0 Å². The topological polar surface area (TPSA) is 169 Å². The highest BCUT2D eigenvalue weighted by atomic mass is 16.6. The summed E-state index contributed by atoms with van der Waals surface area (Å²) in [5.74, 6) is -2.83. The highest BCUT2D eigenvalue weighted by Crippen LogP contribution is 2.32. The number of nitrogens with zero attached hydrogens (tertiary/aromatic N) is 1. The number of esters is 1. The summed E-state index contributed by atoms with van der Waals surface area (Å²) in [6, 6.07) is 17.3. The van der Waals surface area contributed by atoms with Gasteiger partial charge >= 0.3 is 12.1 Å². The molecule has 13 heteroatoms. The van der Waals surface area contributed by atoms with E-state index >= 15 is 0 Å². The fourth-order valence-electron chi connectivity index (χ4n) is 7.16. The third-order valence-electron chi connectivity index (χ3n) is 10.4. The van der Waals surface area contributed by atoms with E-state index in [9.17, 15) is 28.8 Å². The summed E-state index contributed by atoms with van der Waals surface area (Å²) < 4.78 is 15.7. The van der Waals surface area contributed by atoms with E-state index in [-0.39, 0.29) is 62.5 Å². The van der Waals surface area contributed by atoms with Crippen LogP contribution in [-0.2, 0) is 51.0 Å². The molecule has 4 amide bonds. The number of amides is 4. The Hall–Kier alpha value is -4.78. The van der Waals surface area contributed by atoms with E-state index in [1.54, 1.807) is 32.6 Å². The van der Waals surface area contributed by atoms with E-state index in [1.165, 1.54) is 7.11 Å². The number of likely N-dealkylation sites (tertiary alicyclic amines) is 1. The van der Waals surface area contributed by atoms with Gasteiger partial charge in [-0.05, 0) is 89.7 Å². The second-order valence-corrected chi connectivity index (χ2v) is 17.5. The van der Waals surface area contributed by atoms with Crippen LogP contribution in [0.25, 0.3) is 0 Å². The van der Waals surface area contributed by atoms with Crippen LogP contribution >= 0.6 is 0 Å². The zero-order valence-corrected chi connectivity index (χ0v) is 36.5. The number of nitrogens with one attached hydrogen (secondary N) is 3. The molecular formula is C46H68N4O9. The Labute approximate surface area is 351 Å². The lowest BCUT2D eigenvalue weighted by atomic mass is 9.87. The molecule has 326 valence electrons. The van der Waals surface area contributed by atoms with Crippen LogP contribution in [0.3, 0.4) is 0 Å². The van der Waals surface area contributed by atoms with Crippen molar-refractivity contribution in [1.82, 2.24) is 20.9 Å². The minimum atomic E-state index is -0.945. The molecule has 5 atom stereocenters. The Kier molecular flexibility index (Phi) is 19.5. The van der Waals surface area contributed by atoms with E-state index in [4.69, 9.17) is 14.2 Å². The van der Waals surface area contributed by atoms with Crippen LogP contribution in [0.5, 0.6) is 0 Å². The van der Waals surface area contributed by atoms with Gasteiger partial charge in [0.1, 0.15) is 18.2 Å². The molecule has 0 bridgehead atoms. The molecule has 0 radical (unpaired) electrons. The number of rotatable bonds is 23. The molecule has 2 aromatic carbocycles. The molecule has 2 aromatic rings. The first kappa shape index (κ1) is 48.6. The van der Waals surface area contributed by atoms with Crippen molar-refractivity contribution in [2.45, 2.75) is 118 Å². The minimum Gasteiger partial charge on any atom is -0.463 e. The molecule has 1 aliphatic rings. The van der Waals surface area contributed by atoms with Crippen molar-refractivity contribution in [1.29, 1.82) is 0 Å². The molecule has 1 unspecified atom stereocenters. The number of benzene rings is 2. The highest BCUT2D eigenvalue weighted by Gasteiger charge is 2.45. The Balaban J connectivity index is 1.79. The first-order valence-electron chi connectivity index (χ1n) is 21.0. The smallest absolute Gasteiger partial charge is 0.407 e. The van der Waals surface area contributed by atoms with Crippen molar-refractivity contribution in [3.05, 3.63) is 71.8 Å². The fraction of sp³-hybridized carbons (Fsp3) is 0.609. The summed E-state index contributed by atoms with van der Waals surface area (Å²) in [5, 5.41) is 8.73. The molecule has 59 heavy (non-hydrogen) atoms. The average Bonchev–Trinajstić information content (AvgIpc) is 3.59. The quantitative estimate of drug-likeness (QED) is 0.0924. The third kappa shape index (κ3) is 17.2. The Morgan fingerprint density at radius 1 is 0.814 bits per heavy atom. The molecule has 3 rings (SSSR count). The Morgan fingerprint density at radius 2 is 1.42 bits per heavy atom. The van der Waals surface area contributed by atoms with Crippen LogP contribution in [0.1, 0.15) is 98.1 Å². The number of ketones is 1. The number of hydrogen-bond donors (Lipinski definition) is 3. The summed E-state index contributed by atoms with van der Waals surface area (Å²) in [6.07, 6.45) is 2.13. The van der Waals surface area contributed by atoms with Gasteiger partial charge in [0.25, 0.3) is 0 Å². The Bertz CT molecular complexity index is 1660. The maximum Gasteiger partial charge on any atom is 0.407 e. The van der Waals surface area contributed by atoms with Gasteiger partial charge in [0, 0.05) is 45.0 Å². The number of hydrogen-bond acceptors (Lipinski definition) is 9.